The number of hydrogen-bond donors (Lipinski definition) is 0. The second-order valence-electron chi connectivity index (χ2n) is 5.32. The maximum Gasteiger partial charge on any atom is 0.112 e. The summed E-state index contributed by atoms with van der Waals surface area (Å²) < 4.78 is 8.99. The number of benzene rings is 3. The van der Waals surface area contributed by atoms with Crippen molar-refractivity contribution < 1.29 is 34.1 Å². The largest absolute Gasteiger partial charge is 0.112 e. The summed E-state index contributed by atoms with van der Waals surface area (Å²) in [7, 11) is -1.98. The molecule has 3 rings (SSSR count). The molecule has 0 amide bonds. The Kier molecular flexibility index (Phi) is 6.58. The Hall–Kier alpha value is -0.806. The zero-order valence-electron chi connectivity index (χ0n) is 14.5. The molecule has 0 heterocycles. The smallest absolute Gasteiger partial charge is 0.0620 e. The van der Waals surface area contributed by atoms with Crippen LogP contribution in [0, 0.1) is 0 Å². The molecule has 0 N–H and O–H groups in total. The van der Waals surface area contributed by atoms with Crippen LogP contribution in [-0.4, -0.2) is 6.14 Å². The topological polar surface area (TPSA) is 0 Å². The molecular weight excluding hydrogens is 372 g/mol. The molecule has 0 aliphatic rings. The molecule has 0 aliphatic heterocycles. The van der Waals surface area contributed by atoms with Gasteiger partial charge in [0, 0.05) is 32.7 Å². The molecular formula is C21H22PY+. The van der Waals surface area contributed by atoms with E-state index in [2.05, 4.69) is 97.9 Å². The van der Waals surface area contributed by atoms with Crippen molar-refractivity contribution >= 4 is 23.2 Å². The van der Waals surface area contributed by atoms with Crippen molar-refractivity contribution in [1.82, 2.24) is 0 Å². The minimum atomic E-state index is -1.98. The Morgan fingerprint density at radius 2 is 0.957 bits per heavy atom. The minimum absolute atomic E-state index is 0. The van der Waals surface area contributed by atoms with E-state index in [0.717, 1.165) is 6.42 Å². The van der Waals surface area contributed by atoms with Gasteiger partial charge in [0.2, 0.25) is 0 Å². The van der Waals surface area contributed by atoms with Crippen LogP contribution in [0.4, 0.5) is 0 Å². The SMILES string of the molecule is [2H]C(CC)[P+](c1ccccc1)(c1ccccc1)c1ccccc1.[Y]. The molecule has 3 aromatic rings. The van der Waals surface area contributed by atoms with E-state index >= 15 is 0 Å². The van der Waals surface area contributed by atoms with Gasteiger partial charge >= 0.3 is 0 Å². The molecule has 0 saturated carbocycles. The van der Waals surface area contributed by atoms with Crippen LogP contribution in [0.1, 0.15) is 14.7 Å². The molecule has 2 heteroatoms. The van der Waals surface area contributed by atoms with Gasteiger partial charge in [-0.3, -0.25) is 0 Å². The van der Waals surface area contributed by atoms with E-state index in [-0.39, 0.29) is 38.8 Å². The second kappa shape index (κ2) is 8.88. The van der Waals surface area contributed by atoms with Gasteiger partial charge in [-0.15, -0.1) is 0 Å². The van der Waals surface area contributed by atoms with Crippen molar-refractivity contribution in [2.24, 2.45) is 0 Å². The summed E-state index contributed by atoms with van der Waals surface area (Å²) in [6.07, 6.45) is 0.696. The fourth-order valence-electron chi connectivity index (χ4n) is 3.03. The Balaban J connectivity index is 0.00000208. The Labute approximate surface area is 167 Å². The second-order valence-corrected chi connectivity index (χ2v) is 8.68. The van der Waals surface area contributed by atoms with E-state index in [1.54, 1.807) is 0 Å². The quantitative estimate of drug-likeness (QED) is 0.563. The first kappa shape index (κ1) is 17.0. The van der Waals surface area contributed by atoms with Gasteiger partial charge in [-0.2, -0.15) is 0 Å². The first-order chi connectivity index (χ1) is 11.3. The fourth-order valence-corrected chi connectivity index (χ4v) is 7.03. The molecule has 0 aromatic heterocycles. The van der Waals surface area contributed by atoms with Crippen LogP contribution >= 0.6 is 7.26 Å². The molecule has 113 valence electrons. The Bertz CT molecular complexity index is 635. The molecule has 1 unspecified atom stereocenters. The molecule has 0 nitrogen and oxygen atoms in total. The maximum absolute atomic E-state index is 8.99. The molecule has 3 aromatic carbocycles. The van der Waals surface area contributed by atoms with Crippen LogP contribution in [0.3, 0.4) is 0 Å². The van der Waals surface area contributed by atoms with Gasteiger partial charge in [-0.25, -0.2) is 0 Å². The third-order valence-electron chi connectivity index (χ3n) is 3.95. The summed E-state index contributed by atoms with van der Waals surface area (Å²) in [5.74, 6) is 0. The average molecular weight is 395 g/mol. The maximum atomic E-state index is 8.99. The normalized spacial score (nSPS) is 12.8. The number of hydrogen-bond acceptors (Lipinski definition) is 0. The van der Waals surface area contributed by atoms with E-state index in [9.17, 15) is 0 Å². The van der Waals surface area contributed by atoms with Gasteiger partial charge in [0.05, 0.1) is 7.51 Å². The van der Waals surface area contributed by atoms with Gasteiger partial charge in [0.1, 0.15) is 23.2 Å². The zero-order chi connectivity index (χ0) is 16.1. The van der Waals surface area contributed by atoms with E-state index in [1.165, 1.54) is 15.9 Å². The van der Waals surface area contributed by atoms with Crippen molar-refractivity contribution in [1.29, 1.82) is 0 Å². The predicted molar refractivity (Wildman–Crippen MR) is 100 cm³/mol. The average Bonchev–Trinajstić information content (AvgIpc) is 2.65. The van der Waals surface area contributed by atoms with Crippen molar-refractivity contribution in [2.45, 2.75) is 13.3 Å². The molecule has 23 heavy (non-hydrogen) atoms. The first-order valence-corrected chi connectivity index (χ1v) is 9.63. The van der Waals surface area contributed by atoms with Crippen LogP contribution in [0.2, 0.25) is 0 Å². The van der Waals surface area contributed by atoms with Crippen molar-refractivity contribution in [3.63, 3.8) is 0 Å². The van der Waals surface area contributed by atoms with Crippen LogP contribution in [0.5, 0.6) is 0 Å². The first-order valence-electron chi connectivity index (χ1n) is 8.35. The molecule has 1 radical (unpaired) electrons. The monoisotopic (exact) mass is 395 g/mol. The van der Waals surface area contributed by atoms with Crippen LogP contribution in [0.25, 0.3) is 0 Å². The van der Waals surface area contributed by atoms with Crippen molar-refractivity contribution in [3.05, 3.63) is 91.0 Å². The molecule has 0 fully saturated rings. The molecule has 0 bridgehead atoms. The van der Waals surface area contributed by atoms with Crippen molar-refractivity contribution in [2.75, 3.05) is 6.14 Å². The zero-order valence-corrected chi connectivity index (χ0v) is 17.2. The number of rotatable bonds is 5. The van der Waals surface area contributed by atoms with E-state index in [4.69, 9.17) is 1.37 Å². The Morgan fingerprint density at radius 1 is 0.652 bits per heavy atom. The van der Waals surface area contributed by atoms with E-state index in [1.807, 2.05) is 0 Å². The summed E-state index contributed by atoms with van der Waals surface area (Å²) in [6.45, 7) is 2.13. The van der Waals surface area contributed by atoms with E-state index in [0.29, 0.717) is 0 Å². The van der Waals surface area contributed by atoms with Crippen LogP contribution < -0.4 is 15.9 Å². The summed E-state index contributed by atoms with van der Waals surface area (Å²) >= 11 is 0. The molecule has 0 saturated heterocycles. The minimum Gasteiger partial charge on any atom is -0.0620 e. The summed E-state index contributed by atoms with van der Waals surface area (Å²) in [5.41, 5.74) is 0. The van der Waals surface area contributed by atoms with E-state index < -0.39 is 7.26 Å². The molecule has 0 spiro atoms. The van der Waals surface area contributed by atoms with Gasteiger partial charge in [-0.05, 0) is 42.8 Å². The Morgan fingerprint density at radius 3 is 1.22 bits per heavy atom. The fraction of sp³-hybridized carbons (Fsp3) is 0.143. The molecule has 0 aliphatic carbocycles. The van der Waals surface area contributed by atoms with Gasteiger partial charge in [0.15, 0.2) is 0 Å². The predicted octanol–water partition coefficient (Wildman–Crippen LogP) is 4.39. The van der Waals surface area contributed by atoms with Gasteiger partial charge < -0.3 is 0 Å². The summed E-state index contributed by atoms with van der Waals surface area (Å²) in [6, 6.07) is 31.9. The summed E-state index contributed by atoms with van der Waals surface area (Å²) in [4.78, 5) is 0. The van der Waals surface area contributed by atoms with Crippen molar-refractivity contribution in [3.8, 4) is 0 Å². The third kappa shape index (κ3) is 3.82. The third-order valence-corrected chi connectivity index (χ3v) is 8.20. The van der Waals surface area contributed by atoms with Crippen LogP contribution in [0.15, 0.2) is 91.0 Å². The standard InChI is InChI=1S/C21H22P.Y/c1-2-18-22(19-12-6-3-7-13-19,20-14-8-4-9-15-20)21-16-10-5-11-17-21;/h3-17H,2,18H2,1H3;/q+1;/i18D;. The van der Waals surface area contributed by atoms with Gasteiger partial charge in [-0.1, -0.05) is 61.5 Å². The van der Waals surface area contributed by atoms with Crippen LogP contribution in [-0.2, 0) is 32.7 Å². The molecule has 1 atom stereocenters. The summed E-state index contributed by atoms with van der Waals surface area (Å²) in [5, 5.41) is 3.87. The van der Waals surface area contributed by atoms with Gasteiger partial charge in [0.25, 0.3) is 0 Å².